The van der Waals surface area contributed by atoms with Crippen molar-refractivity contribution in [2.24, 2.45) is 17.8 Å². The van der Waals surface area contributed by atoms with Gasteiger partial charge >= 0.3 is 5.97 Å². The smallest absolute Gasteiger partial charge is 0.338 e. The molecule has 0 amide bonds. The zero-order valence-corrected chi connectivity index (χ0v) is 26.1. The Morgan fingerprint density at radius 1 is 0.976 bits per heavy atom. The molecule has 2 aromatic rings. The van der Waals surface area contributed by atoms with Crippen molar-refractivity contribution < 1.29 is 23.8 Å². The Hall–Kier alpha value is -2.76. The largest absolute Gasteiger partial charge is 0.462 e. The van der Waals surface area contributed by atoms with Crippen molar-refractivity contribution in [1.82, 2.24) is 0 Å². The van der Waals surface area contributed by atoms with Crippen LogP contribution in [0.15, 0.2) is 42.5 Å². The van der Waals surface area contributed by atoms with Crippen LogP contribution in [0.4, 0.5) is 0 Å². The molecule has 4 aliphatic carbocycles. The molecule has 42 heavy (non-hydrogen) atoms. The van der Waals surface area contributed by atoms with Gasteiger partial charge in [0.25, 0.3) is 0 Å². The molecule has 6 rings (SSSR count). The quantitative estimate of drug-likeness (QED) is 0.111. The third-order valence-corrected chi connectivity index (χ3v) is 9.46. The number of aryl methyl sites for hydroxylation is 1. The lowest BCUT2D eigenvalue weighted by molar-refractivity contribution is -0.195. The van der Waals surface area contributed by atoms with Crippen LogP contribution in [-0.4, -0.2) is 37.4 Å². The third kappa shape index (κ3) is 7.23. The highest BCUT2D eigenvalue weighted by atomic mass is 16.7. The first-order valence-corrected chi connectivity index (χ1v) is 15.9. The molecule has 0 N–H and O–H groups in total. The molecule has 4 fully saturated rings. The second-order valence-electron chi connectivity index (χ2n) is 13.9. The monoisotopic (exact) mass is 572 g/mol. The van der Waals surface area contributed by atoms with Crippen molar-refractivity contribution in [3.8, 4) is 0 Å². The maximum Gasteiger partial charge on any atom is 0.338 e. The molecule has 0 saturated heterocycles. The van der Waals surface area contributed by atoms with Gasteiger partial charge in [0.2, 0.25) is 0 Å². The minimum Gasteiger partial charge on any atom is -0.462 e. The summed E-state index contributed by atoms with van der Waals surface area (Å²) in [5, 5.41) is 0. The van der Waals surface area contributed by atoms with E-state index in [0.717, 1.165) is 36.0 Å². The second kappa shape index (κ2) is 12.9. The van der Waals surface area contributed by atoms with E-state index in [1.165, 1.54) is 60.8 Å². The van der Waals surface area contributed by atoms with E-state index in [-0.39, 0.29) is 23.6 Å². The Morgan fingerprint density at radius 3 is 2.17 bits per heavy atom. The molecular weight excluding hydrogens is 524 g/mol. The zero-order chi connectivity index (χ0) is 29.9. The van der Waals surface area contributed by atoms with Gasteiger partial charge in [0.1, 0.15) is 12.9 Å². The number of carbonyl (C=O) groups is 2. The van der Waals surface area contributed by atoms with Gasteiger partial charge in [0.05, 0.1) is 17.8 Å². The Balaban J connectivity index is 1.44. The zero-order valence-electron chi connectivity index (χ0n) is 26.1. The van der Waals surface area contributed by atoms with Crippen LogP contribution in [0.5, 0.6) is 0 Å². The molecule has 5 nitrogen and oxygen atoms in total. The van der Waals surface area contributed by atoms with Crippen LogP contribution >= 0.6 is 0 Å². The lowest BCUT2D eigenvalue weighted by Crippen LogP contribution is -2.49. The van der Waals surface area contributed by atoms with E-state index < -0.39 is 6.29 Å². The molecule has 0 aliphatic heterocycles. The maximum atomic E-state index is 12.1. The van der Waals surface area contributed by atoms with Crippen LogP contribution in [0.25, 0.3) is 11.6 Å². The molecular formula is C37H48O5. The summed E-state index contributed by atoms with van der Waals surface area (Å²) in [6, 6.07) is 14.7. The van der Waals surface area contributed by atoms with Crippen molar-refractivity contribution in [2.45, 2.75) is 103 Å². The van der Waals surface area contributed by atoms with E-state index in [1.54, 1.807) is 0 Å². The van der Waals surface area contributed by atoms with Crippen LogP contribution in [0.1, 0.15) is 112 Å². The molecule has 0 radical (unpaired) electrons. The predicted molar refractivity (Wildman–Crippen MR) is 167 cm³/mol. The summed E-state index contributed by atoms with van der Waals surface area (Å²) >= 11 is 0. The molecule has 0 aromatic heterocycles. The first-order valence-electron chi connectivity index (χ1n) is 15.9. The van der Waals surface area contributed by atoms with Crippen LogP contribution in [-0.2, 0) is 30.8 Å². The molecule has 1 atom stereocenters. The summed E-state index contributed by atoms with van der Waals surface area (Å²) in [6.07, 6.45) is 12.3. The van der Waals surface area contributed by atoms with Crippen LogP contribution in [0.2, 0.25) is 0 Å². The highest BCUT2D eigenvalue weighted by Gasteiger charge is 2.52. The van der Waals surface area contributed by atoms with Crippen LogP contribution in [0.3, 0.4) is 0 Å². The maximum absolute atomic E-state index is 12.1. The Labute approximate surface area is 252 Å². The molecule has 2 aromatic carbocycles. The molecule has 4 aliphatic rings. The van der Waals surface area contributed by atoms with E-state index >= 15 is 0 Å². The third-order valence-electron chi connectivity index (χ3n) is 9.46. The van der Waals surface area contributed by atoms with Crippen molar-refractivity contribution in [3.05, 3.63) is 70.3 Å². The van der Waals surface area contributed by atoms with E-state index in [2.05, 4.69) is 31.2 Å². The lowest BCUT2D eigenvalue weighted by Gasteiger charge is -2.57. The Kier molecular flexibility index (Phi) is 9.39. The molecule has 4 bridgehead atoms. The van der Waals surface area contributed by atoms with Crippen LogP contribution < -0.4 is 0 Å². The van der Waals surface area contributed by atoms with E-state index in [4.69, 9.17) is 14.2 Å². The molecule has 5 heteroatoms. The highest BCUT2D eigenvalue weighted by molar-refractivity contribution is 5.90. The first kappa shape index (κ1) is 30.7. The molecule has 4 saturated carbocycles. The topological polar surface area (TPSA) is 61.8 Å². The van der Waals surface area contributed by atoms with Gasteiger partial charge in [-0.05, 0) is 143 Å². The number of rotatable bonds is 12. The normalized spacial score (nSPS) is 25.8. The van der Waals surface area contributed by atoms with E-state index in [9.17, 15) is 9.59 Å². The summed E-state index contributed by atoms with van der Waals surface area (Å²) in [6.45, 7) is 10.5. The van der Waals surface area contributed by atoms with Crippen molar-refractivity contribution in [3.63, 3.8) is 0 Å². The standard InChI is InChI=1S/C37H48O5/c1-6-40-35(39)31-9-7-26(8-10-31)17-25(2)32-12-11-30(13-14-34(41-16-15-38)42-36(3,4)5)33(21-32)37-22-27-18-28(23-37)20-29(19-27)24-37/h7-12,15,17,21,27-29,34H,6,13-14,16,18-20,22-24H2,1-5H3. The fourth-order valence-corrected chi connectivity index (χ4v) is 8.23. The second-order valence-corrected chi connectivity index (χ2v) is 13.9. The predicted octanol–water partition coefficient (Wildman–Crippen LogP) is 8.18. The molecule has 0 heterocycles. The number of benzene rings is 2. The van der Waals surface area contributed by atoms with Gasteiger partial charge in [-0.1, -0.05) is 36.4 Å². The van der Waals surface area contributed by atoms with Gasteiger partial charge in [-0.25, -0.2) is 4.79 Å². The fraction of sp³-hybridized carbons (Fsp3) is 0.568. The molecule has 0 spiro atoms. The van der Waals surface area contributed by atoms with Gasteiger partial charge in [-0.15, -0.1) is 0 Å². The van der Waals surface area contributed by atoms with Gasteiger partial charge in [0.15, 0.2) is 6.29 Å². The number of allylic oxidation sites excluding steroid dienone is 1. The lowest BCUT2D eigenvalue weighted by atomic mass is 9.47. The number of aldehydes is 1. The Morgan fingerprint density at radius 2 is 1.60 bits per heavy atom. The van der Waals surface area contributed by atoms with Gasteiger partial charge in [0, 0.05) is 6.42 Å². The molecule has 1 unspecified atom stereocenters. The highest BCUT2D eigenvalue weighted by Crippen LogP contribution is 2.61. The summed E-state index contributed by atoms with van der Waals surface area (Å²) in [7, 11) is 0. The molecule has 226 valence electrons. The number of hydrogen-bond acceptors (Lipinski definition) is 5. The number of hydrogen-bond donors (Lipinski definition) is 0. The number of ether oxygens (including phenoxy) is 3. The average Bonchev–Trinajstić information content (AvgIpc) is 2.93. The van der Waals surface area contributed by atoms with Crippen LogP contribution in [0, 0.1) is 17.8 Å². The van der Waals surface area contributed by atoms with Crippen molar-refractivity contribution >= 4 is 23.9 Å². The average molecular weight is 573 g/mol. The first-order chi connectivity index (χ1) is 20.1. The fourth-order valence-electron chi connectivity index (χ4n) is 8.23. The Bertz CT molecular complexity index is 1250. The minimum atomic E-state index is -0.418. The summed E-state index contributed by atoms with van der Waals surface area (Å²) < 4.78 is 17.1. The van der Waals surface area contributed by atoms with Gasteiger partial charge in [-0.2, -0.15) is 0 Å². The minimum absolute atomic E-state index is 0.0479. The van der Waals surface area contributed by atoms with Gasteiger partial charge in [-0.3, -0.25) is 0 Å². The van der Waals surface area contributed by atoms with E-state index in [0.29, 0.717) is 18.6 Å². The van der Waals surface area contributed by atoms with Gasteiger partial charge < -0.3 is 19.0 Å². The summed E-state index contributed by atoms with van der Waals surface area (Å²) in [5.41, 5.74) is 6.92. The SMILES string of the molecule is CCOC(=O)c1ccc(C=C(C)c2ccc(CCC(OCC=O)OC(C)(C)C)c(C34CC5CC(CC(C5)C3)C4)c2)cc1. The number of carbonyl (C=O) groups excluding carboxylic acids is 2. The van der Waals surface area contributed by atoms with Crippen molar-refractivity contribution in [1.29, 1.82) is 0 Å². The summed E-state index contributed by atoms with van der Waals surface area (Å²) in [5.74, 6) is 2.29. The van der Waals surface area contributed by atoms with E-state index in [1.807, 2.05) is 52.0 Å². The number of esters is 1. The van der Waals surface area contributed by atoms with Crippen molar-refractivity contribution in [2.75, 3.05) is 13.2 Å². The summed E-state index contributed by atoms with van der Waals surface area (Å²) in [4.78, 5) is 23.1.